The highest BCUT2D eigenvalue weighted by molar-refractivity contribution is 8.00. The molecule has 0 unspecified atom stereocenters. The second kappa shape index (κ2) is 8.17. The van der Waals surface area contributed by atoms with Crippen molar-refractivity contribution in [1.29, 1.82) is 0 Å². The first-order valence-electron chi connectivity index (χ1n) is 9.06. The second-order valence-electron chi connectivity index (χ2n) is 7.34. The summed E-state index contributed by atoms with van der Waals surface area (Å²) in [6, 6.07) is 7.86. The highest BCUT2D eigenvalue weighted by atomic mass is 32.2. The molecule has 3 rings (SSSR count). The van der Waals surface area contributed by atoms with Crippen molar-refractivity contribution in [2.24, 2.45) is 17.8 Å². The molecule has 0 N–H and O–H groups in total. The maximum atomic E-state index is 12.4. The Kier molecular flexibility index (Phi) is 5.94. The first-order valence-corrected chi connectivity index (χ1v) is 10.0. The van der Waals surface area contributed by atoms with Gasteiger partial charge in [0.15, 0.2) is 0 Å². The van der Waals surface area contributed by atoms with Crippen LogP contribution in [0.1, 0.15) is 40.0 Å². The van der Waals surface area contributed by atoms with E-state index in [1.54, 1.807) is 6.33 Å². The van der Waals surface area contributed by atoms with Crippen LogP contribution in [0.3, 0.4) is 0 Å². The van der Waals surface area contributed by atoms with Crippen molar-refractivity contribution in [2.45, 2.75) is 51.2 Å². The van der Waals surface area contributed by atoms with Crippen LogP contribution in [0, 0.1) is 17.8 Å². The second-order valence-corrected chi connectivity index (χ2v) is 8.30. The number of benzene rings is 1. The number of ether oxygens (including phenoxy) is 1. The Labute approximate surface area is 153 Å². The van der Waals surface area contributed by atoms with E-state index >= 15 is 0 Å². The summed E-state index contributed by atoms with van der Waals surface area (Å²) in [4.78, 5) is 21.0. The van der Waals surface area contributed by atoms with Crippen molar-refractivity contribution >= 4 is 28.6 Å². The SMILES string of the molecule is CC(C)[C@H]1CC[C@@H](C)C[C@H]1OC(=O)CSc1ncnc2ccccc12. The normalized spacial score (nSPS) is 23.8. The summed E-state index contributed by atoms with van der Waals surface area (Å²) in [6.07, 6.45) is 4.97. The van der Waals surface area contributed by atoms with E-state index in [0.29, 0.717) is 17.8 Å². The molecular formula is C20H26N2O2S. The van der Waals surface area contributed by atoms with E-state index < -0.39 is 0 Å². The average Bonchev–Trinajstić information content (AvgIpc) is 2.59. The number of carbonyl (C=O) groups excluding carboxylic acids is 1. The minimum Gasteiger partial charge on any atom is -0.461 e. The van der Waals surface area contributed by atoms with Gasteiger partial charge in [-0.05, 0) is 36.7 Å². The third-order valence-corrected chi connectivity index (χ3v) is 6.06. The van der Waals surface area contributed by atoms with E-state index in [9.17, 15) is 4.79 Å². The lowest BCUT2D eigenvalue weighted by molar-refractivity contribution is -0.152. The monoisotopic (exact) mass is 358 g/mol. The molecule has 1 aromatic carbocycles. The number of fused-ring (bicyclic) bond motifs is 1. The molecule has 1 aliphatic rings. The summed E-state index contributed by atoms with van der Waals surface area (Å²) in [5.41, 5.74) is 0.898. The van der Waals surface area contributed by atoms with E-state index in [1.807, 2.05) is 24.3 Å². The van der Waals surface area contributed by atoms with E-state index in [2.05, 4.69) is 30.7 Å². The van der Waals surface area contributed by atoms with Crippen LogP contribution in [0.4, 0.5) is 0 Å². The molecule has 0 bridgehead atoms. The largest absolute Gasteiger partial charge is 0.461 e. The fourth-order valence-corrected chi connectivity index (χ4v) is 4.45. The smallest absolute Gasteiger partial charge is 0.316 e. The van der Waals surface area contributed by atoms with Gasteiger partial charge in [-0.3, -0.25) is 4.79 Å². The quantitative estimate of drug-likeness (QED) is 0.439. The van der Waals surface area contributed by atoms with Crippen LogP contribution in [-0.4, -0.2) is 27.8 Å². The Balaban J connectivity index is 1.62. The van der Waals surface area contributed by atoms with Crippen molar-refractivity contribution in [3.05, 3.63) is 30.6 Å². The molecule has 0 amide bonds. The Morgan fingerprint density at radius 2 is 2.08 bits per heavy atom. The van der Waals surface area contributed by atoms with Crippen LogP contribution >= 0.6 is 11.8 Å². The number of nitrogens with zero attached hydrogens (tertiary/aromatic N) is 2. The Morgan fingerprint density at radius 3 is 2.88 bits per heavy atom. The van der Waals surface area contributed by atoms with Gasteiger partial charge in [0.1, 0.15) is 17.5 Å². The van der Waals surface area contributed by atoms with Crippen LogP contribution in [0.25, 0.3) is 10.9 Å². The maximum absolute atomic E-state index is 12.4. The van der Waals surface area contributed by atoms with Gasteiger partial charge < -0.3 is 4.74 Å². The molecule has 3 atom stereocenters. The predicted octanol–water partition coefficient (Wildman–Crippen LogP) is 4.73. The lowest BCUT2D eigenvalue weighted by Crippen LogP contribution is -2.36. The Bertz CT molecular complexity index is 729. The Morgan fingerprint density at radius 1 is 1.28 bits per heavy atom. The molecule has 5 heteroatoms. The number of carbonyl (C=O) groups is 1. The first kappa shape index (κ1) is 18.2. The van der Waals surface area contributed by atoms with Crippen molar-refractivity contribution < 1.29 is 9.53 Å². The fraction of sp³-hybridized carbons (Fsp3) is 0.550. The van der Waals surface area contributed by atoms with Gasteiger partial charge in [0, 0.05) is 5.39 Å². The molecule has 4 nitrogen and oxygen atoms in total. The molecule has 25 heavy (non-hydrogen) atoms. The van der Waals surface area contributed by atoms with Gasteiger partial charge in [-0.15, -0.1) is 0 Å². The lowest BCUT2D eigenvalue weighted by Gasteiger charge is -2.36. The summed E-state index contributed by atoms with van der Waals surface area (Å²) in [5, 5.41) is 1.81. The van der Waals surface area contributed by atoms with E-state index in [-0.39, 0.29) is 17.8 Å². The third-order valence-electron chi connectivity index (χ3n) is 5.08. The third kappa shape index (κ3) is 4.51. The van der Waals surface area contributed by atoms with Crippen LogP contribution in [0.5, 0.6) is 0 Å². The number of aromatic nitrogens is 2. The molecular weight excluding hydrogens is 332 g/mol. The summed E-state index contributed by atoms with van der Waals surface area (Å²) < 4.78 is 5.87. The van der Waals surface area contributed by atoms with Crippen LogP contribution < -0.4 is 0 Å². The van der Waals surface area contributed by atoms with Crippen LogP contribution in [-0.2, 0) is 9.53 Å². The van der Waals surface area contributed by atoms with E-state index in [1.165, 1.54) is 18.2 Å². The number of esters is 1. The molecule has 1 heterocycles. The van der Waals surface area contributed by atoms with Crippen LogP contribution in [0.15, 0.2) is 35.6 Å². The molecule has 1 aliphatic carbocycles. The highest BCUT2D eigenvalue weighted by Gasteiger charge is 2.33. The van der Waals surface area contributed by atoms with Gasteiger partial charge >= 0.3 is 5.97 Å². The number of rotatable bonds is 5. The number of hydrogen-bond acceptors (Lipinski definition) is 5. The lowest BCUT2D eigenvalue weighted by atomic mass is 9.75. The summed E-state index contributed by atoms with van der Waals surface area (Å²) >= 11 is 1.43. The number of thioether (sulfide) groups is 1. The molecule has 134 valence electrons. The zero-order valence-corrected chi connectivity index (χ0v) is 16.0. The van der Waals surface area contributed by atoms with Gasteiger partial charge in [-0.2, -0.15) is 0 Å². The van der Waals surface area contributed by atoms with Crippen molar-refractivity contribution in [3.63, 3.8) is 0 Å². The van der Waals surface area contributed by atoms with Gasteiger partial charge in [-0.25, -0.2) is 9.97 Å². The topological polar surface area (TPSA) is 52.1 Å². The van der Waals surface area contributed by atoms with Crippen molar-refractivity contribution in [1.82, 2.24) is 9.97 Å². The van der Waals surface area contributed by atoms with Crippen molar-refractivity contribution in [3.8, 4) is 0 Å². The van der Waals surface area contributed by atoms with Crippen molar-refractivity contribution in [2.75, 3.05) is 5.75 Å². The van der Waals surface area contributed by atoms with Gasteiger partial charge in [0.2, 0.25) is 0 Å². The maximum Gasteiger partial charge on any atom is 0.316 e. The predicted molar refractivity (Wildman–Crippen MR) is 101 cm³/mol. The standard InChI is InChI=1S/C20H26N2O2S/c1-13(2)15-9-8-14(3)10-18(15)24-19(23)11-25-20-16-6-4-5-7-17(16)21-12-22-20/h4-7,12-15,18H,8-11H2,1-3H3/t14-,15-,18-/m1/s1. The molecule has 0 aliphatic heterocycles. The first-order chi connectivity index (χ1) is 12.0. The molecule has 2 aromatic rings. The fourth-order valence-electron chi connectivity index (χ4n) is 3.68. The Hall–Kier alpha value is -1.62. The average molecular weight is 359 g/mol. The summed E-state index contributed by atoms with van der Waals surface area (Å²) in [6.45, 7) is 6.70. The highest BCUT2D eigenvalue weighted by Crippen LogP contribution is 2.35. The van der Waals surface area contributed by atoms with Gasteiger partial charge in [0.25, 0.3) is 0 Å². The minimum absolute atomic E-state index is 0.0546. The summed E-state index contributed by atoms with van der Waals surface area (Å²) in [5.74, 6) is 1.80. The summed E-state index contributed by atoms with van der Waals surface area (Å²) in [7, 11) is 0. The van der Waals surface area contributed by atoms with E-state index in [0.717, 1.165) is 28.8 Å². The van der Waals surface area contributed by atoms with Crippen LogP contribution in [0.2, 0.25) is 0 Å². The molecule has 0 radical (unpaired) electrons. The molecule has 0 spiro atoms. The molecule has 1 aromatic heterocycles. The number of para-hydroxylation sites is 1. The molecule has 1 saturated carbocycles. The zero-order chi connectivity index (χ0) is 17.8. The zero-order valence-electron chi connectivity index (χ0n) is 15.1. The molecule has 0 saturated heterocycles. The van der Waals surface area contributed by atoms with Gasteiger partial charge in [0.05, 0.1) is 11.3 Å². The van der Waals surface area contributed by atoms with Gasteiger partial charge in [-0.1, -0.05) is 57.2 Å². The number of hydrogen-bond donors (Lipinski definition) is 0. The minimum atomic E-state index is -0.141. The molecule has 1 fully saturated rings. The van der Waals surface area contributed by atoms with E-state index in [4.69, 9.17) is 4.74 Å².